The van der Waals surface area contributed by atoms with E-state index in [1.807, 2.05) is 29.2 Å². The largest absolute Gasteiger partial charge is 0.486 e. The van der Waals surface area contributed by atoms with Crippen molar-refractivity contribution in [3.8, 4) is 11.5 Å². The molecule has 0 atom stereocenters. The standard InChI is InChI=1S/C21H21NO3S/c23-21(15-26-18-6-7-19-20(14-18)25-13-12-24-19)22-10-8-17(9-11-22)16-4-2-1-3-5-16/h1-8,14H,9-13,15H2. The van der Waals surface area contributed by atoms with Crippen LogP contribution in [0.3, 0.4) is 0 Å². The van der Waals surface area contributed by atoms with Gasteiger partial charge < -0.3 is 14.4 Å². The molecule has 0 N–H and O–H groups in total. The minimum Gasteiger partial charge on any atom is -0.486 e. The van der Waals surface area contributed by atoms with Gasteiger partial charge in [-0.15, -0.1) is 11.8 Å². The highest BCUT2D eigenvalue weighted by Crippen LogP contribution is 2.34. The lowest BCUT2D eigenvalue weighted by Gasteiger charge is -2.26. The second kappa shape index (κ2) is 7.87. The normalized spacial score (nSPS) is 16.2. The maximum atomic E-state index is 12.5. The van der Waals surface area contributed by atoms with Crippen LogP contribution in [-0.2, 0) is 4.79 Å². The summed E-state index contributed by atoms with van der Waals surface area (Å²) in [7, 11) is 0. The molecule has 0 saturated heterocycles. The fraction of sp³-hybridized carbons (Fsp3) is 0.286. The summed E-state index contributed by atoms with van der Waals surface area (Å²) in [5.41, 5.74) is 2.58. The van der Waals surface area contributed by atoms with Crippen molar-refractivity contribution in [3.05, 3.63) is 60.2 Å². The molecule has 2 aliphatic rings. The number of hydrogen-bond acceptors (Lipinski definition) is 4. The number of thioether (sulfide) groups is 1. The van der Waals surface area contributed by atoms with Gasteiger partial charge in [0.25, 0.3) is 0 Å². The fourth-order valence-electron chi connectivity index (χ4n) is 3.16. The van der Waals surface area contributed by atoms with E-state index < -0.39 is 0 Å². The van der Waals surface area contributed by atoms with Gasteiger partial charge in [-0.25, -0.2) is 0 Å². The molecular formula is C21H21NO3S. The van der Waals surface area contributed by atoms with Gasteiger partial charge in [0, 0.05) is 18.0 Å². The Morgan fingerprint density at radius 2 is 1.85 bits per heavy atom. The van der Waals surface area contributed by atoms with Crippen molar-refractivity contribution in [3.63, 3.8) is 0 Å². The summed E-state index contributed by atoms with van der Waals surface area (Å²) in [4.78, 5) is 15.5. The number of ether oxygens (including phenoxy) is 2. The summed E-state index contributed by atoms with van der Waals surface area (Å²) in [5, 5.41) is 0. The molecule has 1 amide bonds. The molecule has 4 nitrogen and oxygen atoms in total. The van der Waals surface area contributed by atoms with Gasteiger partial charge in [-0.1, -0.05) is 36.4 Å². The minimum atomic E-state index is 0.174. The average molecular weight is 367 g/mol. The monoisotopic (exact) mass is 367 g/mol. The molecule has 0 aliphatic carbocycles. The first-order chi connectivity index (χ1) is 12.8. The van der Waals surface area contributed by atoms with Crippen LogP contribution in [-0.4, -0.2) is 42.9 Å². The molecule has 0 fully saturated rings. The Kier molecular flexibility index (Phi) is 5.16. The van der Waals surface area contributed by atoms with E-state index in [1.54, 1.807) is 11.8 Å². The van der Waals surface area contributed by atoms with E-state index in [0.717, 1.165) is 29.4 Å². The maximum Gasteiger partial charge on any atom is 0.233 e. The Hall–Kier alpha value is -2.40. The van der Waals surface area contributed by atoms with Crippen molar-refractivity contribution < 1.29 is 14.3 Å². The number of amides is 1. The summed E-state index contributed by atoms with van der Waals surface area (Å²) >= 11 is 1.54. The highest BCUT2D eigenvalue weighted by Gasteiger charge is 2.18. The van der Waals surface area contributed by atoms with E-state index in [4.69, 9.17) is 9.47 Å². The summed E-state index contributed by atoms with van der Waals surface area (Å²) in [6.45, 7) is 2.63. The van der Waals surface area contributed by atoms with Crippen LogP contribution < -0.4 is 9.47 Å². The first-order valence-corrected chi connectivity index (χ1v) is 9.83. The van der Waals surface area contributed by atoms with Crippen molar-refractivity contribution >= 4 is 23.2 Å². The topological polar surface area (TPSA) is 38.8 Å². The molecule has 0 unspecified atom stereocenters. The molecule has 4 rings (SSSR count). The lowest BCUT2D eigenvalue weighted by atomic mass is 10.00. The zero-order chi connectivity index (χ0) is 17.8. The van der Waals surface area contributed by atoms with Gasteiger partial charge >= 0.3 is 0 Å². The average Bonchev–Trinajstić information content (AvgIpc) is 2.72. The number of rotatable bonds is 4. The fourth-order valence-corrected chi connectivity index (χ4v) is 3.99. The van der Waals surface area contributed by atoms with Crippen LogP contribution in [0, 0.1) is 0 Å². The smallest absolute Gasteiger partial charge is 0.233 e. The van der Waals surface area contributed by atoms with E-state index >= 15 is 0 Å². The molecule has 2 aliphatic heterocycles. The summed E-state index contributed by atoms with van der Waals surface area (Å²) in [6.07, 6.45) is 3.08. The van der Waals surface area contributed by atoms with Gasteiger partial charge in [0.15, 0.2) is 11.5 Å². The van der Waals surface area contributed by atoms with Crippen molar-refractivity contribution in [2.24, 2.45) is 0 Å². The summed E-state index contributed by atoms with van der Waals surface area (Å²) in [5.74, 6) is 2.16. The Morgan fingerprint density at radius 1 is 1.04 bits per heavy atom. The molecule has 2 aromatic rings. The maximum absolute atomic E-state index is 12.5. The third-order valence-corrected chi connectivity index (χ3v) is 5.56. The third kappa shape index (κ3) is 3.88. The molecule has 134 valence electrons. The first kappa shape index (κ1) is 17.0. The predicted octanol–water partition coefficient (Wildman–Crippen LogP) is 3.87. The quantitative estimate of drug-likeness (QED) is 0.769. The van der Waals surface area contributed by atoms with Crippen LogP contribution in [0.4, 0.5) is 0 Å². The highest BCUT2D eigenvalue weighted by atomic mass is 32.2. The number of carbonyl (C=O) groups is 1. The molecule has 0 spiro atoms. The van der Waals surface area contributed by atoms with Gasteiger partial charge in [0.1, 0.15) is 13.2 Å². The van der Waals surface area contributed by atoms with Crippen molar-refractivity contribution in [2.45, 2.75) is 11.3 Å². The summed E-state index contributed by atoms with van der Waals surface area (Å²) < 4.78 is 11.1. The zero-order valence-electron chi connectivity index (χ0n) is 14.5. The van der Waals surface area contributed by atoms with Gasteiger partial charge in [-0.2, -0.15) is 0 Å². The van der Waals surface area contributed by atoms with E-state index in [2.05, 4.69) is 30.3 Å². The van der Waals surface area contributed by atoms with Crippen molar-refractivity contribution in [1.29, 1.82) is 0 Å². The molecule has 0 saturated carbocycles. The van der Waals surface area contributed by atoms with Crippen LogP contribution in [0.15, 0.2) is 59.5 Å². The molecule has 2 aromatic carbocycles. The molecule has 5 heteroatoms. The van der Waals surface area contributed by atoms with Crippen LogP contribution in [0.1, 0.15) is 12.0 Å². The molecular weight excluding hydrogens is 346 g/mol. The number of hydrogen-bond donors (Lipinski definition) is 0. The Labute approximate surface area is 157 Å². The zero-order valence-corrected chi connectivity index (χ0v) is 15.3. The third-order valence-electron chi connectivity index (χ3n) is 4.58. The molecule has 0 radical (unpaired) electrons. The van der Waals surface area contributed by atoms with Crippen LogP contribution >= 0.6 is 11.8 Å². The minimum absolute atomic E-state index is 0.174. The van der Waals surface area contributed by atoms with Crippen molar-refractivity contribution in [2.75, 3.05) is 32.1 Å². The van der Waals surface area contributed by atoms with Gasteiger partial charge in [-0.3, -0.25) is 4.79 Å². The molecule has 0 bridgehead atoms. The van der Waals surface area contributed by atoms with Gasteiger partial charge in [0.2, 0.25) is 5.91 Å². The highest BCUT2D eigenvalue weighted by molar-refractivity contribution is 8.00. The molecule has 26 heavy (non-hydrogen) atoms. The van der Waals surface area contributed by atoms with Crippen molar-refractivity contribution in [1.82, 2.24) is 4.90 Å². The Bertz CT molecular complexity index is 819. The van der Waals surface area contributed by atoms with Gasteiger partial charge in [-0.05, 0) is 35.8 Å². The molecule has 2 heterocycles. The number of nitrogens with zero attached hydrogens (tertiary/aromatic N) is 1. The second-order valence-electron chi connectivity index (χ2n) is 6.28. The SMILES string of the molecule is O=C(CSc1ccc2c(c1)OCCO2)N1CC=C(c2ccccc2)CC1. The number of fused-ring (bicyclic) bond motifs is 1. The van der Waals surface area contributed by atoms with Crippen LogP contribution in [0.5, 0.6) is 11.5 Å². The van der Waals surface area contributed by atoms with Crippen LogP contribution in [0.25, 0.3) is 5.57 Å². The Balaban J connectivity index is 1.32. The number of carbonyl (C=O) groups excluding carboxylic acids is 1. The Morgan fingerprint density at radius 3 is 2.62 bits per heavy atom. The first-order valence-electron chi connectivity index (χ1n) is 8.84. The van der Waals surface area contributed by atoms with Gasteiger partial charge in [0.05, 0.1) is 5.75 Å². The van der Waals surface area contributed by atoms with E-state index in [0.29, 0.717) is 25.5 Å². The van der Waals surface area contributed by atoms with E-state index in [9.17, 15) is 4.79 Å². The second-order valence-corrected chi connectivity index (χ2v) is 7.33. The molecule has 0 aromatic heterocycles. The van der Waals surface area contributed by atoms with E-state index in [-0.39, 0.29) is 5.91 Å². The predicted molar refractivity (Wildman–Crippen MR) is 104 cm³/mol. The van der Waals surface area contributed by atoms with Crippen LogP contribution in [0.2, 0.25) is 0 Å². The van der Waals surface area contributed by atoms with E-state index in [1.165, 1.54) is 11.1 Å². The summed E-state index contributed by atoms with van der Waals surface area (Å²) in [6, 6.07) is 16.2. The number of benzene rings is 2. The lowest BCUT2D eigenvalue weighted by Crippen LogP contribution is -2.35. The lowest BCUT2D eigenvalue weighted by molar-refractivity contribution is -0.127.